The van der Waals surface area contributed by atoms with Crippen LogP contribution in [0.4, 0.5) is 53.5 Å². The molecular formula is C82H91AsF7N17O13PS2. The van der Waals surface area contributed by atoms with Gasteiger partial charge in [-0.1, -0.05) is 78.9 Å². The number of pyridine rings is 1. The topological polar surface area (TPSA) is 453 Å². The molecule has 7 aromatic carbocycles. The third kappa shape index (κ3) is 27.2. The van der Waals surface area contributed by atoms with Crippen molar-refractivity contribution in [2.24, 2.45) is 11.5 Å². The summed E-state index contributed by atoms with van der Waals surface area (Å²) in [7, 11) is -1.82. The predicted molar refractivity (Wildman–Crippen MR) is 452 cm³/mol. The van der Waals surface area contributed by atoms with Gasteiger partial charge in [-0.2, -0.15) is 46.9 Å². The number of rotatable bonds is 24. The number of phenolic OH excluding ortho intramolecular Hbond substituents is 1. The van der Waals surface area contributed by atoms with Gasteiger partial charge in [0.25, 0.3) is 5.91 Å². The van der Waals surface area contributed by atoms with Crippen LogP contribution in [0.1, 0.15) is 120 Å². The van der Waals surface area contributed by atoms with Crippen LogP contribution < -0.4 is 42.6 Å². The number of nitrogens with one attached hydrogen (secondary N) is 6. The number of anilines is 4. The maximum atomic E-state index is 13.6. The summed E-state index contributed by atoms with van der Waals surface area (Å²) < 4.78 is 148. The van der Waals surface area contributed by atoms with Crippen molar-refractivity contribution in [1.29, 1.82) is 10.5 Å². The Bertz CT molecular complexity index is 5600. The number of amides is 2. The van der Waals surface area contributed by atoms with Crippen molar-refractivity contribution < 1.29 is 87.5 Å². The number of nitrogens with two attached hydrogens (primary N) is 2. The van der Waals surface area contributed by atoms with E-state index in [1.807, 2.05) is 94.4 Å². The fourth-order valence-electron chi connectivity index (χ4n) is 12.8. The SMILES string of the molecule is CC(C)(C#N)c1cc(Cn2cncn2)cc(C(C)(C)C#N)c1.COc1cc(NS(C)(=O)=O)ccc1Nc1c2ccccc2nc2ccccc12.C[C@@H](O[C@@H]1OCCN(Cc2nc(=O)[nH][nH]2)[C@@H]1c1ccc(F)cc1)c1cc(C(F)(F)F)cc(C(F)(F)F)c1.Cc1ccc2c(c1O)N[C@@H](O)[C@@H]1CC(/C=C/C(N)=O)=CN1C2=O.NCCCNCCSP(=O)(O)O.[As]. The molecule has 0 unspecified atom stereocenters. The number of hydrogen-bond donors (Lipinski definition) is 12. The normalized spacial score (nSPS) is 16.3. The summed E-state index contributed by atoms with van der Waals surface area (Å²) in [5.41, 5.74) is 14.2. The fraction of sp³-hybridized carbons (Fsp3) is 0.329. The Morgan fingerprint density at radius 1 is 0.846 bits per heavy atom. The number of carbonyl (C=O) groups excluding carboxylic acids is 2. The molecule has 0 saturated carbocycles. The Balaban J connectivity index is 0.000000198. The summed E-state index contributed by atoms with van der Waals surface area (Å²) in [5, 5.41) is 59.6. The number of methoxy groups -OCH3 is 1. The minimum Gasteiger partial charge on any atom is -0.505 e. The second-order valence-corrected chi connectivity index (χ2v) is 34.8. The molecule has 13 rings (SSSR count). The van der Waals surface area contributed by atoms with Crippen molar-refractivity contribution in [1.82, 2.24) is 50.0 Å². The minimum absolute atomic E-state index is 0. The molecular weight excluding hydrogens is 1730 g/mol. The summed E-state index contributed by atoms with van der Waals surface area (Å²) in [6.07, 6.45) is -3.64. The van der Waals surface area contributed by atoms with Gasteiger partial charge in [-0.05, 0) is 178 Å². The number of fused-ring (bicyclic) bond motifs is 4. The second-order valence-electron chi connectivity index (χ2n) is 29.2. The largest absolute Gasteiger partial charge is 0.505 e. The molecule has 3 aliphatic heterocycles. The van der Waals surface area contributed by atoms with E-state index >= 15 is 0 Å². The number of alkyl halides is 6. The zero-order chi connectivity index (χ0) is 89.2. The minimum atomic E-state index is -5.01. The first-order valence-corrected chi connectivity index (χ1v) is 42.7. The van der Waals surface area contributed by atoms with Crippen molar-refractivity contribution >= 4 is 103 Å². The number of carbonyl (C=O) groups is 2. The number of aliphatic hydroxyl groups is 1. The van der Waals surface area contributed by atoms with Crippen LogP contribution in [-0.2, 0) is 65.1 Å². The number of morpholine rings is 1. The average Bonchev–Trinajstić information content (AvgIpc) is 1.72. The summed E-state index contributed by atoms with van der Waals surface area (Å²) in [5.74, 6) is -0.241. The predicted octanol–water partition coefficient (Wildman–Crippen LogP) is 12.3. The van der Waals surface area contributed by atoms with Crippen LogP contribution in [0.25, 0.3) is 21.8 Å². The van der Waals surface area contributed by atoms with Gasteiger partial charge in [0.05, 0.1) is 125 Å². The molecule has 3 aliphatic rings. The van der Waals surface area contributed by atoms with Gasteiger partial charge in [0, 0.05) is 65.9 Å². The molecule has 0 spiro atoms. The van der Waals surface area contributed by atoms with Crippen molar-refractivity contribution in [3.05, 3.63) is 248 Å². The quantitative estimate of drug-likeness (QED) is 0.00508. The number of allylic oxidation sites excluding steroid dienone is 1. The molecule has 0 aliphatic carbocycles. The number of primary amides is 1. The average molecular weight is 1830 g/mol. The first-order valence-electron chi connectivity index (χ1n) is 37.6. The van der Waals surface area contributed by atoms with Crippen molar-refractivity contribution in [3.8, 4) is 23.6 Å². The molecule has 123 heavy (non-hydrogen) atoms. The molecule has 5 atom stereocenters. The smallest absolute Gasteiger partial charge is 0.416 e. The van der Waals surface area contributed by atoms with E-state index < -0.39 is 99.3 Å². The number of aromatic hydroxyl groups is 1. The van der Waals surface area contributed by atoms with Crippen LogP contribution in [0.15, 0.2) is 181 Å². The molecule has 1 fully saturated rings. The Kier molecular flexibility index (Phi) is 33.6. The molecule has 14 N–H and O–H groups in total. The van der Waals surface area contributed by atoms with Crippen LogP contribution in [0.2, 0.25) is 0 Å². The Labute approximate surface area is 718 Å². The molecule has 10 aromatic rings. The molecule has 3 radical (unpaired) electrons. The number of aryl methyl sites for hydroxylation is 1. The van der Waals surface area contributed by atoms with Crippen LogP contribution in [-0.4, -0.2) is 173 Å². The Hall–Kier alpha value is -11.0. The number of H-pyrrole nitrogens is 2. The molecule has 0 bridgehead atoms. The van der Waals surface area contributed by atoms with Gasteiger partial charge in [0.1, 0.15) is 42.0 Å². The van der Waals surface area contributed by atoms with Gasteiger partial charge in [-0.25, -0.2) is 41.9 Å². The number of nitrogens with zero attached hydrogens (tertiary/aromatic N) is 9. The molecule has 30 nitrogen and oxygen atoms in total. The zero-order valence-electron chi connectivity index (χ0n) is 67.6. The monoisotopic (exact) mass is 1820 g/mol. The number of phenols is 1. The van der Waals surface area contributed by atoms with E-state index in [1.165, 1.54) is 54.6 Å². The molecule has 41 heteroatoms. The van der Waals surface area contributed by atoms with E-state index in [2.05, 4.69) is 58.1 Å². The number of aliphatic hydroxyl groups excluding tert-OH is 1. The van der Waals surface area contributed by atoms with Crippen LogP contribution in [0.5, 0.6) is 11.5 Å². The number of hydrogen-bond acceptors (Lipinski definition) is 23. The van der Waals surface area contributed by atoms with Crippen molar-refractivity contribution in [2.45, 2.75) is 121 Å². The number of aromatic amines is 2. The molecule has 6 heterocycles. The van der Waals surface area contributed by atoms with Gasteiger partial charge in [-0.15, -0.1) is 0 Å². The number of nitriles is 2. The van der Waals surface area contributed by atoms with Gasteiger partial charge < -0.3 is 66.5 Å². The van der Waals surface area contributed by atoms with E-state index in [9.17, 15) is 78.8 Å². The summed E-state index contributed by atoms with van der Waals surface area (Å²) in [6, 6.07) is 40.1. The number of sulfonamides is 1. The maximum absolute atomic E-state index is 13.6. The summed E-state index contributed by atoms with van der Waals surface area (Å²) in [6.45, 7) is 9.79. The number of para-hydroxylation sites is 2. The molecule has 3 aromatic heterocycles. The summed E-state index contributed by atoms with van der Waals surface area (Å²) in [4.78, 5) is 67.5. The second kappa shape index (κ2) is 42.4. The Morgan fingerprint density at radius 3 is 2.01 bits per heavy atom. The van der Waals surface area contributed by atoms with Crippen LogP contribution >= 0.6 is 18.2 Å². The van der Waals surface area contributed by atoms with Crippen molar-refractivity contribution in [3.63, 3.8) is 0 Å². The van der Waals surface area contributed by atoms with E-state index in [1.54, 1.807) is 66.5 Å². The van der Waals surface area contributed by atoms with E-state index in [0.29, 0.717) is 90.0 Å². The number of ether oxygens (including phenoxy) is 3. The molecule has 1 saturated heterocycles. The van der Waals surface area contributed by atoms with Crippen LogP contribution in [0, 0.1) is 35.4 Å². The van der Waals surface area contributed by atoms with Gasteiger partial charge in [0.2, 0.25) is 15.9 Å². The standard InChI is InChI=1S/C23H21F7N4O3.C21H19N3O3S.C17H19N5.C16H17N3O4.C5H15N2O3PS.As/c1-12(14-8-15(22(25,26)27)10-16(9-14)23(28,29)30)37-20-19(13-2-4-17(24)5-3-13)34(6-7-36-20)11-18-31-21(35)33-32-18;1-27-20-13-14(24-28(2,25)26)11-12-19(20)23-21-15-7-3-5-9-17(15)22-18-10-6-4-8-16(18)21;1-16(2,9-18)14-5-13(8-22-12-20-11-21-22)6-15(7-14)17(3,4)10-19;1-8-2-4-10-13(14(8)21)18-15(22)11-6-9(3-5-12(17)20)7-19(11)16(10)23;6-2-1-3-7-4-5-12-11(8,9)10;/h2-5,8-10,12,19-20H,6-7,11H2,1H3,(H2,31,32,33,35);3-13,24H,1-2H3,(H,22,23);5-7,11-12H,8H2,1-4H3;2-5,7,11,15,18,21-22H,6H2,1H3,(H2,17,20);7H,1-6H2,(H2,8,9,10);/b;;;5-3+;;/t12-,19-,20+;;;11-,15-;;/m1..0../s1. The maximum Gasteiger partial charge on any atom is 0.416 e. The van der Waals surface area contributed by atoms with Gasteiger partial charge in [-0.3, -0.25) is 24.3 Å². The summed E-state index contributed by atoms with van der Waals surface area (Å²) >= 11 is 0.665. The first-order chi connectivity index (χ1) is 57.5. The molecule has 2 amide bonds. The van der Waals surface area contributed by atoms with Gasteiger partial charge in [0.15, 0.2) is 6.29 Å². The Morgan fingerprint density at radius 2 is 1.46 bits per heavy atom. The van der Waals surface area contributed by atoms with Gasteiger partial charge >= 0.3 is 24.8 Å². The van der Waals surface area contributed by atoms with E-state index in [-0.39, 0.29) is 71.5 Å². The number of benzene rings is 7. The third-order valence-electron chi connectivity index (χ3n) is 19.2. The number of halogens is 7. The van der Waals surface area contributed by atoms with Crippen LogP contribution in [0.3, 0.4) is 0 Å². The van der Waals surface area contributed by atoms with Crippen molar-refractivity contribution in [2.75, 3.05) is 67.3 Å². The van der Waals surface area contributed by atoms with E-state index in [4.69, 9.17) is 40.4 Å². The molecule has 653 valence electrons. The van der Waals surface area contributed by atoms with E-state index in [0.717, 1.165) is 69.1 Å². The zero-order valence-corrected chi connectivity index (χ0v) is 72.0. The first kappa shape index (κ1) is 97.4. The number of aromatic nitrogens is 7. The fourth-order valence-corrected chi connectivity index (χ4v) is 14.8. The third-order valence-corrected chi connectivity index (χ3v) is 22.1.